The highest BCUT2D eigenvalue weighted by Gasteiger charge is 1.74. The van der Waals surface area contributed by atoms with Gasteiger partial charge in [-0.1, -0.05) is 0 Å². The molecule has 0 rings (SSSR count). The molecule has 0 amide bonds. The lowest BCUT2D eigenvalue weighted by molar-refractivity contribution is 0.631. The van der Waals surface area contributed by atoms with Gasteiger partial charge < -0.3 is 9.80 Å². The van der Waals surface area contributed by atoms with Crippen molar-refractivity contribution in [2.45, 2.75) is 0 Å². The van der Waals surface area contributed by atoms with E-state index in [9.17, 15) is 0 Å². The highest BCUT2D eigenvalue weighted by Crippen LogP contribution is 1.71. The summed E-state index contributed by atoms with van der Waals surface area (Å²) in [5, 5.41) is 7.48. The van der Waals surface area contributed by atoms with Crippen LogP contribution in [0.5, 0.6) is 0 Å². The molecule has 0 aliphatic carbocycles. The Labute approximate surface area is 86.2 Å². The minimum absolute atomic E-state index is 0. The van der Waals surface area contributed by atoms with Gasteiger partial charge in [-0.25, -0.2) is 0 Å². The van der Waals surface area contributed by atoms with E-state index in [1.807, 2.05) is 38.0 Å². The summed E-state index contributed by atoms with van der Waals surface area (Å²) in [6, 6.07) is 0. The van der Waals surface area contributed by atoms with Crippen molar-refractivity contribution in [2.75, 3.05) is 28.2 Å². The van der Waals surface area contributed by atoms with Crippen LogP contribution < -0.4 is 0 Å². The van der Waals surface area contributed by atoms with Crippen LogP contribution in [0.1, 0.15) is 0 Å². The van der Waals surface area contributed by atoms with Crippen LogP contribution in [0.4, 0.5) is 0 Å². The number of halogens is 2. The molecule has 0 aliphatic heterocycles. The molecule has 0 spiro atoms. The van der Waals surface area contributed by atoms with E-state index < -0.39 is 0 Å². The summed E-state index contributed by atoms with van der Waals surface area (Å²) < 4.78 is 0. The molecule has 0 aromatic heterocycles. The molecule has 0 fully saturated rings. The molecule has 0 heterocycles. The Balaban J connectivity index is -0.000000405. The maximum absolute atomic E-state index is 3.74. The molecule has 0 saturated carbocycles. The summed E-state index contributed by atoms with van der Waals surface area (Å²) in [6.07, 6.45) is 3.28. The zero-order chi connectivity index (χ0) is 7.98. The average molecular weight is 215 g/mol. The van der Waals surface area contributed by atoms with Gasteiger partial charge in [0.15, 0.2) is 0 Å². The van der Waals surface area contributed by atoms with Gasteiger partial charge in [0.25, 0.3) is 0 Å². The third-order valence-electron chi connectivity index (χ3n) is 0.632. The molecule has 0 bridgehead atoms. The number of hydrogen-bond acceptors (Lipinski definition) is 2. The van der Waals surface area contributed by atoms with E-state index in [0.717, 1.165) is 0 Å². The summed E-state index contributed by atoms with van der Waals surface area (Å²) in [4.78, 5) is 3.65. The molecule has 12 heavy (non-hydrogen) atoms. The van der Waals surface area contributed by atoms with Gasteiger partial charge >= 0.3 is 0 Å². The second-order valence-electron chi connectivity index (χ2n) is 2.39. The normalized spacial score (nSPS) is 9.33. The largest absolute Gasteiger partial charge is 0.367 e. The van der Waals surface area contributed by atoms with Crippen molar-refractivity contribution >= 4 is 37.5 Å². The zero-order valence-corrected chi connectivity index (χ0v) is 9.39. The molecule has 4 nitrogen and oxygen atoms in total. The number of nitrogens with zero attached hydrogens (tertiary/aromatic N) is 4. The Bertz CT molecular complexity index is 118. The summed E-state index contributed by atoms with van der Waals surface area (Å²) in [6.45, 7) is 0. The first kappa shape index (κ1) is 17.6. The molecule has 0 aromatic carbocycles. The fourth-order valence-corrected chi connectivity index (χ4v) is 0.266. The van der Waals surface area contributed by atoms with Crippen molar-refractivity contribution in [3.63, 3.8) is 0 Å². The predicted molar refractivity (Wildman–Crippen MR) is 58.9 cm³/mol. The van der Waals surface area contributed by atoms with Crippen molar-refractivity contribution in [3.8, 4) is 0 Å². The Kier molecular flexibility index (Phi) is 15.4. The summed E-state index contributed by atoms with van der Waals surface area (Å²) >= 11 is 0. The van der Waals surface area contributed by atoms with Crippen molar-refractivity contribution in [3.05, 3.63) is 0 Å². The predicted octanol–water partition coefficient (Wildman–Crippen LogP) is 0.925. The standard InChI is InChI=1S/C6H14N4.2ClH/c1-9(2)5-7-8-6-10(3)4;;/h5-6H,1-4H3;2*1H. The minimum Gasteiger partial charge on any atom is -0.367 e. The molecule has 0 aliphatic rings. The van der Waals surface area contributed by atoms with Gasteiger partial charge in [-0.3, -0.25) is 0 Å². The van der Waals surface area contributed by atoms with E-state index in [4.69, 9.17) is 0 Å². The molecule has 0 saturated heterocycles. The first-order valence-electron chi connectivity index (χ1n) is 3.02. The van der Waals surface area contributed by atoms with Gasteiger partial charge in [-0.05, 0) is 0 Å². The Hall–Kier alpha value is -0.480. The van der Waals surface area contributed by atoms with Gasteiger partial charge in [0.2, 0.25) is 0 Å². The van der Waals surface area contributed by atoms with Crippen molar-refractivity contribution < 1.29 is 0 Å². The number of rotatable bonds is 3. The van der Waals surface area contributed by atoms with Crippen molar-refractivity contribution in [1.29, 1.82) is 0 Å². The quantitative estimate of drug-likeness (QED) is 0.398. The molecule has 74 valence electrons. The highest BCUT2D eigenvalue weighted by molar-refractivity contribution is 5.85. The van der Waals surface area contributed by atoms with Crippen molar-refractivity contribution in [2.24, 2.45) is 10.2 Å². The Morgan fingerprint density at radius 3 is 1.17 bits per heavy atom. The fraction of sp³-hybridized carbons (Fsp3) is 0.667. The summed E-state index contributed by atoms with van der Waals surface area (Å²) in [5.74, 6) is 0. The molecular weight excluding hydrogens is 199 g/mol. The maximum atomic E-state index is 3.74. The van der Waals surface area contributed by atoms with Gasteiger partial charge in [0.1, 0.15) is 12.7 Å². The van der Waals surface area contributed by atoms with Crippen LogP contribution in [0.2, 0.25) is 0 Å². The van der Waals surface area contributed by atoms with Gasteiger partial charge in [-0.15, -0.1) is 35.0 Å². The lowest BCUT2D eigenvalue weighted by Gasteiger charge is -2.01. The van der Waals surface area contributed by atoms with Gasteiger partial charge in [0.05, 0.1) is 0 Å². The van der Waals surface area contributed by atoms with E-state index in [-0.39, 0.29) is 24.8 Å². The van der Waals surface area contributed by atoms with E-state index >= 15 is 0 Å². The second-order valence-corrected chi connectivity index (χ2v) is 2.39. The van der Waals surface area contributed by atoms with Crippen LogP contribution in [0.15, 0.2) is 10.2 Å². The smallest absolute Gasteiger partial charge is 0.113 e. The zero-order valence-electron chi connectivity index (χ0n) is 7.76. The van der Waals surface area contributed by atoms with Crippen LogP contribution in [-0.2, 0) is 0 Å². The summed E-state index contributed by atoms with van der Waals surface area (Å²) in [5.41, 5.74) is 0. The van der Waals surface area contributed by atoms with Crippen LogP contribution in [-0.4, -0.2) is 50.7 Å². The van der Waals surface area contributed by atoms with Gasteiger partial charge in [-0.2, -0.15) is 0 Å². The molecule has 6 heteroatoms. The minimum atomic E-state index is 0. The van der Waals surface area contributed by atoms with Crippen LogP contribution in [0, 0.1) is 0 Å². The molecular formula is C6H16Cl2N4. The second kappa shape index (κ2) is 10.5. The van der Waals surface area contributed by atoms with Crippen molar-refractivity contribution in [1.82, 2.24) is 9.80 Å². The number of hydrogen-bond donors (Lipinski definition) is 0. The van der Waals surface area contributed by atoms with E-state index in [2.05, 4.69) is 10.2 Å². The van der Waals surface area contributed by atoms with Crippen LogP contribution in [0.25, 0.3) is 0 Å². The molecule has 0 unspecified atom stereocenters. The fourth-order valence-electron chi connectivity index (χ4n) is 0.266. The first-order valence-corrected chi connectivity index (χ1v) is 3.02. The maximum Gasteiger partial charge on any atom is 0.113 e. The highest BCUT2D eigenvalue weighted by atomic mass is 35.5. The van der Waals surface area contributed by atoms with E-state index in [1.165, 1.54) is 0 Å². The van der Waals surface area contributed by atoms with Crippen LogP contribution >= 0.6 is 24.8 Å². The summed E-state index contributed by atoms with van der Waals surface area (Å²) in [7, 11) is 7.59. The Morgan fingerprint density at radius 2 is 1.00 bits per heavy atom. The SMILES string of the molecule is CN(C)C=NN=CN(C)C.Cl.Cl. The average Bonchev–Trinajstić information content (AvgIpc) is 1.79. The third-order valence-corrected chi connectivity index (χ3v) is 0.632. The first-order chi connectivity index (χ1) is 4.63. The molecule has 0 atom stereocenters. The topological polar surface area (TPSA) is 31.2 Å². The third kappa shape index (κ3) is 16.3. The lowest BCUT2D eigenvalue weighted by Crippen LogP contribution is -2.09. The van der Waals surface area contributed by atoms with Gasteiger partial charge in [0, 0.05) is 28.2 Å². The van der Waals surface area contributed by atoms with E-state index in [1.54, 1.807) is 12.7 Å². The van der Waals surface area contributed by atoms with Crippen LogP contribution in [0.3, 0.4) is 0 Å². The molecule has 0 N–H and O–H groups in total. The molecule has 0 radical (unpaired) electrons. The van der Waals surface area contributed by atoms with E-state index in [0.29, 0.717) is 0 Å². The monoisotopic (exact) mass is 214 g/mol. The Morgan fingerprint density at radius 1 is 0.750 bits per heavy atom. The molecule has 0 aromatic rings. The lowest BCUT2D eigenvalue weighted by atomic mass is 10.9.